The van der Waals surface area contributed by atoms with Crippen molar-refractivity contribution in [2.75, 3.05) is 13.1 Å². The van der Waals surface area contributed by atoms with E-state index in [9.17, 15) is 4.79 Å². The van der Waals surface area contributed by atoms with Gasteiger partial charge in [-0.05, 0) is 43.5 Å². The third kappa shape index (κ3) is 4.24. The second-order valence-corrected chi connectivity index (χ2v) is 5.13. The van der Waals surface area contributed by atoms with Crippen LogP contribution in [0.3, 0.4) is 0 Å². The molecular formula is C14H18ClN3O. The van der Waals surface area contributed by atoms with Crippen LogP contribution in [0.1, 0.15) is 25.7 Å². The molecule has 0 aliphatic carbocycles. The molecule has 0 atom stereocenters. The van der Waals surface area contributed by atoms with Crippen LogP contribution < -0.4 is 5.73 Å². The molecular weight excluding hydrogens is 262 g/mol. The van der Waals surface area contributed by atoms with Crippen LogP contribution in [0.25, 0.3) is 0 Å². The van der Waals surface area contributed by atoms with Gasteiger partial charge in [0.2, 0.25) is 5.91 Å². The fourth-order valence-electron chi connectivity index (χ4n) is 2.19. The molecule has 0 spiro atoms. The van der Waals surface area contributed by atoms with Crippen LogP contribution in [0.2, 0.25) is 5.02 Å². The Balaban J connectivity index is 2.20. The molecule has 0 bridgehead atoms. The molecule has 19 heavy (non-hydrogen) atoms. The van der Waals surface area contributed by atoms with Gasteiger partial charge in [0.1, 0.15) is 5.84 Å². The molecule has 5 heteroatoms. The molecule has 1 aromatic carbocycles. The Hall–Kier alpha value is -1.55. The van der Waals surface area contributed by atoms with E-state index in [1.165, 1.54) is 6.42 Å². The van der Waals surface area contributed by atoms with Crippen LogP contribution in [-0.2, 0) is 4.79 Å². The van der Waals surface area contributed by atoms with E-state index < -0.39 is 0 Å². The van der Waals surface area contributed by atoms with Crippen molar-refractivity contribution in [3.05, 3.63) is 29.3 Å². The quantitative estimate of drug-likeness (QED) is 0.683. The largest absolute Gasteiger partial charge is 0.369 e. The minimum absolute atomic E-state index is 0.183. The number of halogens is 1. The lowest BCUT2D eigenvalue weighted by molar-refractivity contribution is -0.117. The number of carbonyl (C=O) groups is 1. The van der Waals surface area contributed by atoms with E-state index in [1.54, 1.807) is 12.1 Å². The van der Waals surface area contributed by atoms with Gasteiger partial charge in [-0.1, -0.05) is 11.6 Å². The zero-order valence-electron chi connectivity index (χ0n) is 10.8. The van der Waals surface area contributed by atoms with Crippen molar-refractivity contribution in [1.29, 1.82) is 0 Å². The smallest absolute Gasteiger partial charge is 0.225 e. The zero-order chi connectivity index (χ0) is 13.7. The highest BCUT2D eigenvalue weighted by Gasteiger charge is 2.16. The minimum Gasteiger partial charge on any atom is -0.369 e. The number of carbonyl (C=O) groups excluding carboxylic acids is 1. The maximum Gasteiger partial charge on any atom is 0.225 e. The molecule has 1 aromatic rings. The van der Waals surface area contributed by atoms with Crippen LogP contribution in [0.15, 0.2) is 29.3 Å². The van der Waals surface area contributed by atoms with Crippen LogP contribution in [0, 0.1) is 0 Å². The summed E-state index contributed by atoms with van der Waals surface area (Å²) < 4.78 is 0. The maximum atomic E-state index is 11.2. The van der Waals surface area contributed by atoms with Gasteiger partial charge in [0, 0.05) is 18.1 Å². The summed E-state index contributed by atoms with van der Waals surface area (Å²) in [7, 11) is 0. The van der Waals surface area contributed by atoms with E-state index in [-0.39, 0.29) is 12.3 Å². The summed E-state index contributed by atoms with van der Waals surface area (Å²) in [6.45, 7) is 1.89. The number of aliphatic imine (C=N–C) groups is 1. The first-order valence-corrected chi connectivity index (χ1v) is 6.89. The average molecular weight is 280 g/mol. The number of likely N-dealkylation sites (tertiary alicyclic amines) is 1. The van der Waals surface area contributed by atoms with Gasteiger partial charge in [0.15, 0.2) is 0 Å². The monoisotopic (exact) mass is 279 g/mol. The lowest BCUT2D eigenvalue weighted by Gasteiger charge is -2.29. The van der Waals surface area contributed by atoms with Crippen molar-refractivity contribution in [2.24, 2.45) is 10.7 Å². The van der Waals surface area contributed by atoms with Gasteiger partial charge >= 0.3 is 0 Å². The Bertz CT molecular complexity index is 464. The van der Waals surface area contributed by atoms with Crippen LogP contribution in [0.4, 0.5) is 5.69 Å². The molecule has 0 saturated carbocycles. The standard InChI is InChI=1S/C14H18ClN3O/c15-11-4-6-12(7-5-11)17-14(10-13(16)19)18-8-2-1-3-9-18/h4-7H,1-3,8-10H2,(H2,16,19). The third-order valence-corrected chi connectivity index (χ3v) is 3.39. The highest BCUT2D eigenvalue weighted by molar-refractivity contribution is 6.30. The van der Waals surface area contributed by atoms with E-state index in [1.807, 2.05) is 12.1 Å². The van der Waals surface area contributed by atoms with Gasteiger partial charge in [-0.15, -0.1) is 0 Å². The van der Waals surface area contributed by atoms with E-state index in [0.29, 0.717) is 5.02 Å². The SMILES string of the molecule is NC(=O)CC(=Nc1ccc(Cl)cc1)N1CCCCC1. The van der Waals surface area contributed by atoms with Gasteiger partial charge in [0.25, 0.3) is 0 Å². The number of amidine groups is 1. The molecule has 1 heterocycles. The maximum absolute atomic E-state index is 11.2. The number of hydrogen-bond donors (Lipinski definition) is 1. The minimum atomic E-state index is -0.349. The van der Waals surface area contributed by atoms with E-state index in [0.717, 1.165) is 37.5 Å². The summed E-state index contributed by atoms with van der Waals surface area (Å²) in [5.74, 6) is 0.410. The number of hydrogen-bond acceptors (Lipinski definition) is 2. The Kier molecular flexibility index (Phi) is 4.80. The molecule has 4 nitrogen and oxygen atoms in total. The molecule has 102 valence electrons. The molecule has 1 fully saturated rings. The van der Waals surface area contributed by atoms with Crippen molar-refractivity contribution < 1.29 is 4.79 Å². The fourth-order valence-corrected chi connectivity index (χ4v) is 2.32. The summed E-state index contributed by atoms with van der Waals surface area (Å²) in [4.78, 5) is 17.9. The molecule has 0 aromatic heterocycles. The van der Waals surface area contributed by atoms with Crippen molar-refractivity contribution in [1.82, 2.24) is 4.90 Å². The number of nitrogens with zero attached hydrogens (tertiary/aromatic N) is 2. The van der Waals surface area contributed by atoms with Crippen molar-refractivity contribution >= 4 is 29.0 Å². The van der Waals surface area contributed by atoms with E-state index in [4.69, 9.17) is 17.3 Å². The van der Waals surface area contributed by atoms with Crippen LogP contribution in [0.5, 0.6) is 0 Å². The summed E-state index contributed by atoms with van der Waals surface area (Å²) in [5, 5.41) is 0.674. The number of primary amides is 1. The lowest BCUT2D eigenvalue weighted by Crippen LogP contribution is -2.37. The lowest BCUT2D eigenvalue weighted by atomic mass is 10.1. The molecule has 0 radical (unpaired) electrons. The van der Waals surface area contributed by atoms with Gasteiger partial charge in [-0.3, -0.25) is 4.79 Å². The number of benzene rings is 1. The topological polar surface area (TPSA) is 58.7 Å². The second-order valence-electron chi connectivity index (χ2n) is 4.70. The van der Waals surface area contributed by atoms with Gasteiger partial charge in [-0.2, -0.15) is 0 Å². The molecule has 1 saturated heterocycles. The highest BCUT2D eigenvalue weighted by Crippen LogP contribution is 2.19. The predicted molar refractivity (Wildman–Crippen MR) is 77.8 cm³/mol. The number of piperidine rings is 1. The predicted octanol–water partition coefficient (Wildman–Crippen LogP) is 2.73. The Labute approximate surface area is 118 Å². The Morgan fingerprint density at radius 2 is 1.84 bits per heavy atom. The van der Waals surface area contributed by atoms with Crippen LogP contribution in [-0.4, -0.2) is 29.7 Å². The third-order valence-electron chi connectivity index (χ3n) is 3.14. The van der Waals surface area contributed by atoms with Crippen molar-refractivity contribution in [3.8, 4) is 0 Å². The normalized spacial score (nSPS) is 16.5. The van der Waals surface area contributed by atoms with Gasteiger partial charge in [-0.25, -0.2) is 4.99 Å². The van der Waals surface area contributed by atoms with Gasteiger partial charge in [0.05, 0.1) is 12.1 Å². The highest BCUT2D eigenvalue weighted by atomic mass is 35.5. The molecule has 0 unspecified atom stereocenters. The van der Waals surface area contributed by atoms with Gasteiger partial charge < -0.3 is 10.6 Å². The summed E-state index contributed by atoms with van der Waals surface area (Å²) >= 11 is 5.85. The summed E-state index contributed by atoms with van der Waals surface area (Å²) in [5.41, 5.74) is 6.11. The summed E-state index contributed by atoms with van der Waals surface area (Å²) in [6.07, 6.45) is 3.70. The first-order valence-electron chi connectivity index (χ1n) is 6.51. The Morgan fingerprint density at radius 3 is 2.42 bits per heavy atom. The number of rotatable bonds is 3. The van der Waals surface area contributed by atoms with Crippen LogP contribution >= 0.6 is 11.6 Å². The number of nitrogens with two attached hydrogens (primary N) is 1. The molecule has 1 amide bonds. The first kappa shape index (κ1) is 13.9. The first-order chi connectivity index (χ1) is 9.15. The number of amides is 1. The molecule has 1 aliphatic rings. The van der Waals surface area contributed by atoms with E-state index >= 15 is 0 Å². The second kappa shape index (κ2) is 6.57. The summed E-state index contributed by atoms with van der Waals surface area (Å²) in [6, 6.07) is 7.26. The fraction of sp³-hybridized carbons (Fsp3) is 0.429. The molecule has 1 aliphatic heterocycles. The molecule has 2 rings (SSSR count). The van der Waals surface area contributed by atoms with Crippen molar-refractivity contribution in [2.45, 2.75) is 25.7 Å². The Morgan fingerprint density at radius 1 is 1.21 bits per heavy atom. The van der Waals surface area contributed by atoms with E-state index in [2.05, 4.69) is 9.89 Å². The average Bonchev–Trinajstić information content (AvgIpc) is 2.41. The molecule has 2 N–H and O–H groups in total. The zero-order valence-corrected chi connectivity index (χ0v) is 11.6. The van der Waals surface area contributed by atoms with Crippen molar-refractivity contribution in [3.63, 3.8) is 0 Å².